The number of nitrogen functional groups attached to an aromatic ring is 1. The number of carboxylic acids is 1. The van der Waals surface area contributed by atoms with Gasteiger partial charge >= 0.3 is 12.0 Å². The second-order valence-electron chi connectivity index (χ2n) is 7.53. The van der Waals surface area contributed by atoms with Crippen LogP contribution in [0.15, 0.2) is 18.3 Å². The summed E-state index contributed by atoms with van der Waals surface area (Å²) in [7, 11) is 1.82. The fraction of sp³-hybridized carbons (Fsp3) is 0.579. The Morgan fingerprint density at radius 3 is 2.20 bits per heavy atom. The van der Waals surface area contributed by atoms with Crippen LogP contribution in [0, 0.1) is 11.3 Å². The first-order chi connectivity index (χ1) is 13.4. The van der Waals surface area contributed by atoms with E-state index < -0.39 is 5.97 Å². The molecule has 2 heterocycles. The van der Waals surface area contributed by atoms with E-state index in [2.05, 4.69) is 9.88 Å². The van der Waals surface area contributed by atoms with Crippen molar-refractivity contribution < 1.29 is 14.7 Å². The number of aromatic nitrogens is 1. The Hall–Kier alpha value is -2.26. The highest BCUT2D eigenvalue weighted by Gasteiger charge is 2.32. The van der Waals surface area contributed by atoms with Crippen molar-refractivity contribution in [2.75, 3.05) is 38.1 Å². The number of aliphatic carboxylic acids is 1. The van der Waals surface area contributed by atoms with Gasteiger partial charge in [0.25, 0.3) is 0 Å². The van der Waals surface area contributed by atoms with Crippen molar-refractivity contribution in [3.8, 4) is 0 Å². The topological polar surface area (TPSA) is 127 Å². The van der Waals surface area contributed by atoms with Crippen molar-refractivity contribution in [2.45, 2.75) is 31.7 Å². The lowest BCUT2D eigenvalue weighted by Crippen LogP contribution is -2.54. The van der Waals surface area contributed by atoms with E-state index in [0.717, 1.165) is 18.7 Å². The number of carboxylic acid groups (broad SMARTS) is 1. The fourth-order valence-corrected chi connectivity index (χ4v) is 3.95. The molecular weight excluding hydrogens is 431 g/mol. The number of amides is 2. The summed E-state index contributed by atoms with van der Waals surface area (Å²) >= 11 is 0. The SMILES string of the molecule is CN(C(=O)N1CCN(c2ccc(C(=N)N)cn2)CC1)[C@H]1CC[C@H](C(=O)O)CC1.Cl.Cl. The average molecular weight is 461 g/mol. The number of nitrogens with one attached hydrogen (secondary N) is 1. The molecular formula is C19H30Cl2N6O3. The third kappa shape index (κ3) is 5.89. The van der Waals surface area contributed by atoms with Gasteiger partial charge in [0.1, 0.15) is 11.7 Å². The lowest BCUT2D eigenvalue weighted by Gasteiger charge is -2.40. The number of rotatable bonds is 4. The predicted molar refractivity (Wildman–Crippen MR) is 120 cm³/mol. The van der Waals surface area contributed by atoms with Crippen LogP contribution in [0.5, 0.6) is 0 Å². The Labute approximate surface area is 188 Å². The van der Waals surface area contributed by atoms with Gasteiger partial charge < -0.3 is 25.5 Å². The number of hydrogen-bond donors (Lipinski definition) is 3. The van der Waals surface area contributed by atoms with Crippen LogP contribution in [-0.2, 0) is 4.79 Å². The maximum absolute atomic E-state index is 12.8. The van der Waals surface area contributed by atoms with Crippen molar-refractivity contribution in [1.82, 2.24) is 14.8 Å². The molecule has 1 saturated heterocycles. The highest BCUT2D eigenvalue weighted by Crippen LogP contribution is 2.28. The van der Waals surface area contributed by atoms with Gasteiger partial charge in [-0.1, -0.05) is 0 Å². The molecule has 1 aliphatic heterocycles. The summed E-state index contributed by atoms with van der Waals surface area (Å²) in [6, 6.07) is 3.75. The van der Waals surface area contributed by atoms with Crippen LogP contribution in [0.2, 0.25) is 0 Å². The van der Waals surface area contributed by atoms with Crippen molar-refractivity contribution >= 4 is 48.5 Å². The molecule has 1 aliphatic carbocycles. The number of piperazine rings is 1. The third-order valence-corrected chi connectivity index (χ3v) is 5.83. The molecule has 0 aromatic carbocycles. The molecule has 1 aromatic heterocycles. The van der Waals surface area contributed by atoms with E-state index in [-0.39, 0.29) is 48.6 Å². The number of carbonyl (C=O) groups excluding carboxylic acids is 1. The van der Waals surface area contributed by atoms with E-state index in [0.29, 0.717) is 44.6 Å². The molecule has 168 valence electrons. The van der Waals surface area contributed by atoms with Crippen LogP contribution < -0.4 is 10.6 Å². The number of nitrogens with two attached hydrogens (primary N) is 1. The molecule has 30 heavy (non-hydrogen) atoms. The zero-order valence-corrected chi connectivity index (χ0v) is 18.6. The molecule has 0 bridgehead atoms. The van der Waals surface area contributed by atoms with Crippen LogP contribution >= 0.6 is 24.8 Å². The Kier molecular flexibility index (Phi) is 9.64. The Morgan fingerprint density at radius 2 is 1.73 bits per heavy atom. The highest BCUT2D eigenvalue weighted by molar-refractivity contribution is 5.94. The first-order valence-electron chi connectivity index (χ1n) is 9.66. The molecule has 0 radical (unpaired) electrons. The highest BCUT2D eigenvalue weighted by atomic mass is 35.5. The van der Waals surface area contributed by atoms with Gasteiger partial charge in [-0.25, -0.2) is 9.78 Å². The van der Waals surface area contributed by atoms with Gasteiger partial charge in [0, 0.05) is 51.0 Å². The minimum absolute atomic E-state index is 0. The fourth-order valence-electron chi connectivity index (χ4n) is 3.95. The third-order valence-electron chi connectivity index (χ3n) is 5.83. The van der Waals surface area contributed by atoms with Crippen molar-refractivity contribution in [3.63, 3.8) is 0 Å². The number of pyridine rings is 1. The molecule has 1 aromatic rings. The average Bonchev–Trinajstić information content (AvgIpc) is 2.73. The van der Waals surface area contributed by atoms with Gasteiger partial charge in [-0.05, 0) is 37.8 Å². The minimum atomic E-state index is -0.728. The van der Waals surface area contributed by atoms with Crippen molar-refractivity contribution in [2.24, 2.45) is 11.7 Å². The molecule has 0 atom stereocenters. The monoisotopic (exact) mass is 460 g/mol. The van der Waals surface area contributed by atoms with E-state index in [1.807, 2.05) is 18.0 Å². The molecule has 4 N–H and O–H groups in total. The molecule has 11 heteroatoms. The number of hydrogen-bond acceptors (Lipinski definition) is 5. The van der Waals surface area contributed by atoms with Crippen LogP contribution in [-0.4, -0.2) is 77.0 Å². The molecule has 0 unspecified atom stereocenters. The lowest BCUT2D eigenvalue weighted by atomic mass is 9.85. The quantitative estimate of drug-likeness (QED) is 0.465. The lowest BCUT2D eigenvalue weighted by molar-refractivity contribution is -0.143. The summed E-state index contributed by atoms with van der Waals surface area (Å²) < 4.78 is 0. The summed E-state index contributed by atoms with van der Waals surface area (Å²) in [6.45, 7) is 2.61. The van der Waals surface area contributed by atoms with Crippen LogP contribution in [0.25, 0.3) is 0 Å². The smallest absolute Gasteiger partial charge is 0.320 e. The summed E-state index contributed by atoms with van der Waals surface area (Å²) in [5.74, 6) is -0.189. The van der Waals surface area contributed by atoms with E-state index >= 15 is 0 Å². The number of urea groups is 1. The van der Waals surface area contributed by atoms with E-state index in [1.54, 1.807) is 17.2 Å². The van der Waals surface area contributed by atoms with Crippen LogP contribution in [0.4, 0.5) is 10.6 Å². The van der Waals surface area contributed by atoms with Gasteiger partial charge in [0.05, 0.1) is 5.92 Å². The van der Waals surface area contributed by atoms with Crippen LogP contribution in [0.1, 0.15) is 31.2 Å². The number of carbonyl (C=O) groups is 2. The largest absolute Gasteiger partial charge is 0.481 e. The number of amidine groups is 1. The van der Waals surface area contributed by atoms with Crippen LogP contribution in [0.3, 0.4) is 0 Å². The molecule has 3 rings (SSSR count). The van der Waals surface area contributed by atoms with Gasteiger partial charge in [-0.2, -0.15) is 0 Å². The minimum Gasteiger partial charge on any atom is -0.481 e. The van der Waals surface area contributed by atoms with Gasteiger partial charge in [0.2, 0.25) is 0 Å². The summed E-state index contributed by atoms with van der Waals surface area (Å²) in [5.41, 5.74) is 6.05. The van der Waals surface area contributed by atoms with Crippen molar-refractivity contribution in [1.29, 1.82) is 5.41 Å². The maximum Gasteiger partial charge on any atom is 0.320 e. The van der Waals surface area contributed by atoms with Crippen molar-refractivity contribution in [3.05, 3.63) is 23.9 Å². The Morgan fingerprint density at radius 1 is 1.13 bits per heavy atom. The number of anilines is 1. The number of halogens is 2. The zero-order chi connectivity index (χ0) is 20.3. The maximum atomic E-state index is 12.8. The first kappa shape index (κ1) is 25.8. The standard InChI is InChI=1S/C19H28N6O3.2ClH/c1-23(15-5-2-13(3-6-15)18(26)27)19(28)25-10-8-24(9-11-25)16-7-4-14(12-22-16)17(20)21;;/h4,7,12-13,15H,2-3,5-6,8-11H2,1H3,(H3,20,21)(H,26,27);2*1H/t13-,15-;;. The summed E-state index contributed by atoms with van der Waals surface area (Å²) in [4.78, 5) is 34.1. The second-order valence-corrected chi connectivity index (χ2v) is 7.53. The molecule has 9 nitrogen and oxygen atoms in total. The molecule has 2 amide bonds. The molecule has 2 aliphatic rings. The summed E-state index contributed by atoms with van der Waals surface area (Å²) in [5, 5.41) is 16.5. The summed E-state index contributed by atoms with van der Waals surface area (Å²) in [6.07, 6.45) is 4.34. The van der Waals surface area contributed by atoms with Gasteiger partial charge in [-0.15, -0.1) is 24.8 Å². The van der Waals surface area contributed by atoms with E-state index in [9.17, 15) is 9.59 Å². The molecule has 2 fully saturated rings. The van der Waals surface area contributed by atoms with E-state index in [4.69, 9.17) is 16.2 Å². The second kappa shape index (κ2) is 11.2. The first-order valence-corrected chi connectivity index (χ1v) is 9.66. The molecule has 0 spiro atoms. The zero-order valence-electron chi connectivity index (χ0n) is 17.0. The predicted octanol–water partition coefficient (Wildman–Crippen LogP) is 2.03. The van der Waals surface area contributed by atoms with Gasteiger partial charge in [0.15, 0.2) is 0 Å². The van der Waals surface area contributed by atoms with E-state index in [1.165, 1.54) is 0 Å². The normalized spacial score (nSPS) is 21.1. The molecule has 1 saturated carbocycles. The Balaban J connectivity index is 0.00000225. The Bertz CT molecular complexity index is 732. The number of nitrogens with zero attached hydrogens (tertiary/aromatic N) is 4. The van der Waals surface area contributed by atoms with Gasteiger partial charge in [-0.3, -0.25) is 10.2 Å².